The number of ether oxygens (including phenoxy) is 1. The van der Waals surface area contributed by atoms with Gasteiger partial charge >= 0.3 is 0 Å². The molecule has 5 heteroatoms. The number of furan rings is 1. The fourth-order valence-corrected chi connectivity index (χ4v) is 2.73. The molecule has 2 aromatic heterocycles. The third-order valence-electron chi connectivity index (χ3n) is 3.71. The summed E-state index contributed by atoms with van der Waals surface area (Å²) < 4.78 is 10.7. The predicted octanol–water partition coefficient (Wildman–Crippen LogP) is 3.14. The van der Waals surface area contributed by atoms with Gasteiger partial charge in [0.1, 0.15) is 17.1 Å². The van der Waals surface area contributed by atoms with Crippen LogP contribution in [0.15, 0.2) is 45.8 Å². The molecule has 0 radical (unpaired) electrons. The van der Waals surface area contributed by atoms with Crippen LogP contribution in [0.5, 0.6) is 11.5 Å². The Morgan fingerprint density at radius 2 is 2.05 bits per heavy atom. The number of para-hydroxylation sites is 1. The number of aromatic hydroxyl groups is 1. The van der Waals surface area contributed by atoms with E-state index in [2.05, 4.69) is 4.98 Å². The van der Waals surface area contributed by atoms with Crippen LogP contribution in [0.3, 0.4) is 0 Å². The van der Waals surface area contributed by atoms with Crippen molar-refractivity contribution in [2.75, 3.05) is 7.11 Å². The van der Waals surface area contributed by atoms with Crippen LogP contribution < -0.4 is 10.2 Å². The van der Waals surface area contributed by atoms with Crippen LogP contribution in [0.1, 0.15) is 0 Å². The summed E-state index contributed by atoms with van der Waals surface area (Å²) in [6.45, 7) is 0. The first-order valence-electron chi connectivity index (χ1n) is 6.42. The maximum Gasteiger partial charge on any atom is 0.201 e. The van der Waals surface area contributed by atoms with Crippen LogP contribution in [0.25, 0.3) is 32.8 Å². The third-order valence-corrected chi connectivity index (χ3v) is 3.71. The smallest absolute Gasteiger partial charge is 0.201 e. The number of phenolic OH excluding ortho intramolecular Hbond substituents is 1. The minimum absolute atomic E-state index is 0.0333. The van der Waals surface area contributed by atoms with Gasteiger partial charge in [-0.25, -0.2) is 0 Å². The van der Waals surface area contributed by atoms with Gasteiger partial charge < -0.3 is 19.2 Å². The van der Waals surface area contributed by atoms with Crippen molar-refractivity contribution in [1.82, 2.24) is 4.98 Å². The van der Waals surface area contributed by atoms with Gasteiger partial charge in [0, 0.05) is 11.5 Å². The molecule has 0 spiro atoms. The molecule has 4 aromatic rings. The second kappa shape index (κ2) is 4.02. The molecule has 0 fully saturated rings. The van der Waals surface area contributed by atoms with Gasteiger partial charge in [-0.1, -0.05) is 6.07 Å². The van der Waals surface area contributed by atoms with Gasteiger partial charge in [0.25, 0.3) is 0 Å². The fraction of sp³-hybridized carbons (Fsp3) is 0.0625. The highest BCUT2D eigenvalue weighted by atomic mass is 16.5. The molecule has 2 heterocycles. The quantitative estimate of drug-likeness (QED) is 0.525. The number of nitrogens with one attached hydrogen (secondary N) is 1. The molecular formula is C16H11NO4. The molecule has 0 unspecified atom stereocenters. The molecule has 2 N–H and O–H groups in total. The summed E-state index contributed by atoms with van der Waals surface area (Å²) in [6, 6.07) is 8.32. The first kappa shape index (κ1) is 11.8. The van der Waals surface area contributed by atoms with E-state index < -0.39 is 0 Å². The van der Waals surface area contributed by atoms with Crippen LogP contribution >= 0.6 is 0 Å². The lowest BCUT2D eigenvalue weighted by Gasteiger charge is -2.08. The summed E-state index contributed by atoms with van der Waals surface area (Å²) in [7, 11) is 1.51. The van der Waals surface area contributed by atoms with Crippen molar-refractivity contribution in [3.8, 4) is 11.5 Å². The van der Waals surface area contributed by atoms with E-state index in [-0.39, 0.29) is 11.2 Å². The van der Waals surface area contributed by atoms with Crippen molar-refractivity contribution in [2.24, 2.45) is 0 Å². The van der Waals surface area contributed by atoms with E-state index in [1.165, 1.54) is 13.2 Å². The lowest BCUT2D eigenvalue weighted by molar-refractivity contribution is 0.419. The van der Waals surface area contributed by atoms with E-state index >= 15 is 0 Å². The highest BCUT2D eigenvalue weighted by Crippen LogP contribution is 2.33. The largest absolute Gasteiger partial charge is 0.506 e. The van der Waals surface area contributed by atoms with E-state index in [1.54, 1.807) is 30.5 Å². The number of hydrogen-bond acceptors (Lipinski definition) is 4. The molecule has 0 aliphatic carbocycles. The molecule has 104 valence electrons. The topological polar surface area (TPSA) is 75.5 Å². The van der Waals surface area contributed by atoms with Crippen LogP contribution in [-0.4, -0.2) is 17.2 Å². The number of aromatic nitrogens is 1. The molecule has 0 atom stereocenters. The summed E-state index contributed by atoms with van der Waals surface area (Å²) in [5.41, 5.74) is 1.43. The van der Waals surface area contributed by atoms with Gasteiger partial charge in [-0.05, 0) is 18.2 Å². The van der Waals surface area contributed by atoms with E-state index in [0.29, 0.717) is 33.1 Å². The Morgan fingerprint density at radius 3 is 2.86 bits per heavy atom. The Labute approximate surface area is 118 Å². The fourth-order valence-electron chi connectivity index (χ4n) is 2.73. The molecule has 0 saturated carbocycles. The number of aromatic amines is 1. The third kappa shape index (κ3) is 1.48. The molecule has 4 rings (SSSR count). The zero-order valence-corrected chi connectivity index (χ0v) is 11.1. The van der Waals surface area contributed by atoms with Crippen molar-refractivity contribution in [3.05, 3.63) is 46.8 Å². The second-order valence-electron chi connectivity index (χ2n) is 4.82. The van der Waals surface area contributed by atoms with Crippen LogP contribution in [0, 0.1) is 0 Å². The Bertz CT molecular complexity index is 1060. The number of methoxy groups -OCH3 is 1. The van der Waals surface area contributed by atoms with Crippen LogP contribution in [0.4, 0.5) is 0 Å². The lowest BCUT2D eigenvalue weighted by atomic mass is 10.1. The van der Waals surface area contributed by atoms with Gasteiger partial charge in [0.2, 0.25) is 5.43 Å². The lowest BCUT2D eigenvalue weighted by Crippen LogP contribution is -2.06. The number of phenols is 1. The summed E-state index contributed by atoms with van der Waals surface area (Å²) in [4.78, 5) is 15.9. The average Bonchev–Trinajstić information content (AvgIpc) is 2.96. The van der Waals surface area contributed by atoms with Crippen LogP contribution in [-0.2, 0) is 0 Å². The van der Waals surface area contributed by atoms with Crippen molar-refractivity contribution in [3.63, 3.8) is 0 Å². The standard InChI is InChI=1S/C16H11NO4/c1-20-12-7-11-8(5-6-21-11)15-13(12)16(19)9-3-2-4-10(18)14(9)17-15/h2-7,18H,1H3,(H,17,19). The Kier molecular flexibility index (Phi) is 2.27. The number of pyridine rings is 1. The van der Waals surface area contributed by atoms with E-state index in [9.17, 15) is 9.90 Å². The number of rotatable bonds is 1. The molecule has 0 aliphatic heterocycles. The van der Waals surface area contributed by atoms with Gasteiger partial charge in [-0.3, -0.25) is 4.79 Å². The predicted molar refractivity (Wildman–Crippen MR) is 80.1 cm³/mol. The van der Waals surface area contributed by atoms with E-state index in [1.807, 2.05) is 0 Å². The van der Waals surface area contributed by atoms with Gasteiger partial charge in [0.05, 0.1) is 35.2 Å². The normalized spacial score (nSPS) is 11.5. The van der Waals surface area contributed by atoms with Gasteiger partial charge in [-0.2, -0.15) is 0 Å². The molecular weight excluding hydrogens is 270 g/mol. The van der Waals surface area contributed by atoms with Gasteiger partial charge in [-0.15, -0.1) is 0 Å². The number of fused-ring (bicyclic) bond motifs is 4. The maximum atomic E-state index is 12.7. The first-order valence-corrected chi connectivity index (χ1v) is 6.42. The zero-order chi connectivity index (χ0) is 14.6. The first-order chi connectivity index (χ1) is 10.2. The summed E-state index contributed by atoms with van der Waals surface area (Å²) in [5.74, 6) is 0.477. The van der Waals surface area contributed by atoms with Crippen molar-refractivity contribution >= 4 is 32.8 Å². The molecule has 0 saturated heterocycles. The van der Waals surface area contributed by atoms with Crippen molar-refractivity contribution in [2.45, 2.75) is 0 Å². The molecule has 0 bridgehead atoms. The highest BCUT2D eigenvalue weighted by molar-refractivity contribution is 6.10. The molecule has 21 heavy (non-hydrogen) atoms. The number of benzene rings is 2. The molecule has 0 aliphatic rings. The number of H-pyrrole nitrogens is 1. The minimum Gasteiger partial charge on any atom is -0.506 e. The van der Waals surface area contributed by atoms with Gasteiger partial charge in [0.15, 0.2) is 0 Å². The maximum absolute atomic E-state index is 12.7. The Balaban J connectivity index is 2.39. The minimum atomic E-state index is -0.186. The second-order valence-corrected chi connectivity index (χ2v) is 4.82. The molecule has 2 aromatic carbocycles. The number of hydrogen-bond donors (Lipinski definition) is 2. The summed E-state index contributed by atoms with van der Waals surface area (Å²) in [5, 5.41) is 11.6. The Morgan fingerprint density at radius 1 is 1.19 bits per heavy atom. The van der Waals surface area contributed by atoms with E-state index in [4.69, 9.17) is 9.15 Å². The SMILES string of the molecule is COc1cc2occc2c2[nH]c3c(O)cccc3c(=O)c12. The summed E-state index contributed by atoms with van der Waals surface area (Å²) >= 11 is 0. The molecule has 0 amide bonds. The summed E-state index contributed by atoms with van der Waals surface area (Å²) in [6.07, 6.45) is 1.55. The average molecular weight is 281 g/mol. The van der Waals surface area contributed by atoms with Crippen LogP contribution in [0.2, 0.25) is 0 Å². The van der Waals surface area contributed by atoms with Crippen molar-refractivity contribution in [1.29, 1.82) is 0 Å². The Hall–Kier alpha value is -2.95. The zero-order valence-electron chi connectivity index (χ0n) is 11.1. The monoisotopic (exact) mass is 281 g/mol. The van der Waals surface area contributed by atoms with Crippen molar-refractivity contribution < 1.29 is 14.3 Å². The highest BCUT2D eigenvalue weighted by Gasteiger charge is 2.16. The molecule has 5 nitrogen and oxygen atoms in total. The van der Waals surface area contributed by atoms with E-state index in [0.717, 1.165) is 5.39 Å².